The van der Waals surface area contributed by atoms with Gasteiger partial charge in [-0.3, -0.25) is 0 Å². The predicted octanol–water partition coefficient (Wildman–Crippen LogP) is 3.46. The van der Waals surface area contributed by atoms with Crippen LogP contribution in [0.15, 0.2) is 18.2 Å². The standard InChI is InChI=1S/C15H25NO2S/c1-3-8-17-14-7-6-13(12-16)15(11-14)18-9-5-10-19-4-2/h6-7,11H,3-5,8-10,12,16H2,1-2H3. The summed E-state index contributed by atoms with van der Waals surface area (Å²) >= 11 is 1.94. The maximum atomic E-state index is 5.82. The molecule has 0 saturated carbocycles. The van der Waals surface area contributed by atoms with Gasteiger partial charge in [-0.05, 0) is 30.4 Å². The second kappa shape index (κ2) is 9.98. The molecule has 0 amide bonds. The van der Waals surface area contributed by atoms with Crippen LogP contribution in [-0.4, -0.2) is 24.7 Å². The molecule has 0 bridgehead atoms. The number of hydrogen-bond donors (Lipinski definition) is 1. The van der Waals surface area contributed by atoms with Crippen molar-refractivity contribution in [1.82, 2.24) is 0 Å². The number of ether oxygens (including phenoxy) is 2. The molecule has 0 aliphatic rings. The van der Waals surface area contributed by atoms with Gasteiger partial charge in [-0.1, -0.05) is 19.9 Å². The zero-order valence-corrected chi connectivity index (χ0v) is 12.8. The van der Waals surface area contributed by atoms with Crippen LogP contribution in [0.3, 0.4) is 0 Å². The minimum atomic E-state index is 0.493. The van der Waals surface area contributed by atoms with Crippen molar-refractivity contribution in [1.29, 1.82) is 0 Å². The van der Waals surface area contributed by atoms with Crippen molar-refractivity contribution in [3.8, 4) is 11.5 Å². The van der Waals surface area contributed by atoms with Crippen LogP contribution in [0.4, 0.5) is 0 Å². The number of rotatable bonds is 10. The van der Waals surface area contributed by atoms with Crippen LogP contribution in [0.2, 0.25) is 0 Å². The molecular formula is C15H25NO2S. The van der Waals surface area contributed by atoms with E-state index < -0.39 is 0 Å². The SMILES string of the molecule is CCCOc1ccc(CN)c(OCCCSCC)c1. The molecule has 0 aliphatic heterocycles. The highest BCUT2D eigenvalue weighted by Gasteiger charge is 2.05. The van der Waals surface area contributed by atoms with E-state index in [4.69, 9.17) is 15.2 Å². The van der Waals surface area contributed by atoms with Gasteiger partial charge in [0.1, 0.15) is 11.5 Å². The van der Waals surface area contributed by atoms with Gasteiger partial charge < -0.3 is 15.2 Å². The van der Waals surface area contributed by atoms with Crippen LogP contribution >= 0.6 is 11.8 Å². The zero-order chi connectivity index (χ0) is 13.9. The Morgan fingerprint density at radius 3 is 2.68 bits per heavy atom. The average Bonchev–Trinajstić information content (AvgIpc) is 2.45. The van der Waals surface area contributed by atoms with Crippen molar-refractivity contribution in [2.75, 3.05) is 24.7 Å². The lowest BCUT2D eigenvalue weighted by Gasteiger charge is -2.12. The van der Waals surface area contributed by atoms with Gasteiger partial charge in [0.25, 0.3) is 0 Å². The molecule has 1 aromatic carbocycles. The smallest absolute Gasteiger partial charge is 0.127 e. The highest BCUT2D eigenvalue weighted by molar-refractivity contribution is 7.99. The fourth-order valence-electron chi connectivity index (χ4n) is 1.64. The van der Waals surface area contributed by atoms with Crippen LogP contribution in [0, 0.1) is 0 Å². The molecule has 0 heterocycles. The van der Waals surface area contributed by atoms with E-state index in [2.05, 4.69) is 13.8 Å². The molecule has 0 radical (unpaired) electrons. The first-order valence-corrected chi connectivity index (χ1v) is 8.13. The average molecular weight is 283 g/mol. The molecule has 2 N–H and O–H groups in total. The first-order valence-electron chi connectivity index (χ1n) is 6.98. The summed E-state index contributed by atoms with van der Waals surface area (Å²) in [7, 11) is 0. The van der Waals surface area contributed by atoms with E-state index in [0.717, 1.165) is 54.6 Å². The predicted molar refractivity (Wildman–Crippen MR) is 83.2 cm³/mol. The molecule has 0 atom stereocenters. The second-order valence-corrected chi connectivity index (χ2v) is 5.61. The van der Waals surface area contributed by atoms with Gasteiger partial charge in [0, 0.05) is 18.2 Å². The number of nitrogens with two attached hydrogens (primary N) is 1. The Balaban J connectivity index is 2.52. The molecule has 0 spiro atoms. The third-order valence-corrected chi connectivity index (χ3v) is 3.61. The summed E-state index contributed by atoms with van der Waals surface area (Å²) in [5.41, 5.74) is 6.76. The molecule has 0 aromatic heterocycles. The molecule has 4 heteroatoms. The Morgan fingerprint density at radius 1 is 1.16 bits per heavy atom. The first-order chi connectivity index (χ1) is 9.31. The van der Waals surface area contributed by atoms with Crippen molar-refractivity contribution in [3.05, 3.63) is 23.8 Å². The first kappa shape index (κ1) is 16.2. The monoisotopic (exact) mass is 283 g/mol. The van der Waals surface area contributed by atoms with Crippen LogP contribution < -0.4 is 15.2 Å². The third kappa shape index (κ3) is 6.21. The molecule has 1 aromatic rings. The summed E-state index contributed by atoms with van der Waals surface area (Å²) in [4.78, 5) is 0. The largest absolute Gasteiger partial charge is 0.493 e. The van der Waals surface area contributed by atoms with Gasteiger partial charge in [0.05, 0.1) is 13.2 Å². The van der Waals surface area contributed by atoms with Gasteiger partial charge in [-0.25, -0.2) is 0 Å². The van der Waals surface area contributed by atoms with Crippen molar-refractivity contribution in [2.45, 2.75) is 33.2 Å². The Morgan fingerprint density at radius 2 is 2.00 bits per heavy atom. The maximum absolute atomic E-state index is 5.82. The molecule has 0 fully saturated rings. The minimum absolute atomic E-state index is 0.493. The lowest BCUT2D eigenvalue weighted by molar-refractivity contribution is 0.300. The van der Waals surface area contributed by atoms with Gasteiger partial charge in [-0.2, -0.15) is 11.8 Å². The summed E-state index contributed by atoms with van der Waals surface area (Å²) < 4.78 is 11.4. The summed E-state index contributed by atoms with van der Waals surface area (Å²) in [6.07, 6.45) is 2.06. The van der Waals surface area contributed by atoms with Crippen LogP contribution in [-0.2, 0) is 6.54 Å². The summed E-state index contributed by atoms with van der Waals surface area (Å²) in [6, 6.07) is 5.89. The number of hydrogen-bond acceptors (Lipinski definition) is 4. The number of benzene rings is 1. The molecule has 108 valence electrons. The highest BCUT2D eigenvalue weighted by atomic mass is 32.2. The van der Waals surface area contributed by atoms with Gasteiger partial charge >= 0.3 is 0 Å². The third-order valence-electron chi connectivity index (χ3n) is 2.63. The van der Waals surface area contributed by atoms with E-state index in [0.29, 0.717) is 6.54 Å². The van der Waals surface area contributed by atoms with E-state index in [1.807, 2.05) is 30.0 Å². The Kier molecular flexibility index (Phi) is 8.50. The Labute approximate surface area is 120 Å². The van der Waals surface area contributed by atoms with Crippen molar-refractivity contribution >= 4 is 11.8 Å². The van der Waals surface area contributed by atoms with Gasteiger partial charge in [0.15, 0.2) is 0 Å². The highest BCUT2D eigenvalue weighted by Crippen LogP contribution is 2.25. The van der Waals surface area contributed by atoms with Crippen molar-refractivity contribution < 1.29 is 9.47 Å². The minimum Gasteiger partial charge on any atom is -0.493 e. The lowest BCUT2D eigenvalue weighted by Crippen LogP contribution is -2.05. The molecule has 0 aliphatic carbocycles. The molecule has 1 rings (SSSR count). The van der Waals surface area contributed by atoms with Crippen molar-refractivity contribution in [3.63, 3.8) is 0 Å². The zero-order valence-electron chi connectivity index (χ0n) is 12.0. The van der Waals surface area contributed by atoms with E-state index in [1.54, 1.807) is 0 Å². The van der Waals surface area contributed by atoms with Crippen molar-refractivity contribution in [2.24, 2.45) is 5.73 Å². The Bertz CT molecular complexity index is 358. The fraction of sp³-hybridized carbons (Fsp3) is 0.600. The number of thioether (sulfide) groups is 1. The second-order valence-electron chi connectivity index (χ2n) is 4.22. The molecule has 19 heavy (non-hydrogen) atoms. The Hall–Kier alpha value is -0.870. The van der Waals surface area contributed by atoms with Crippen LogP contribution in [0.1, 0.15) is 32.3 Å². The normalized spacial score (nSPS) is 10.5. The van der Waals surface area contributed by atoms with E-state index in [9.17, 15) is 0 Å². The quantitative estimate of drug-likeness (QED) is 0.668. The molecule has 3 nitrogen and oxygen atoms in total. The van der Waals surface area contributed by atoms with Crippen LogP contribution in [0.5, 0.6) is 11.5 Å². The topological polar surface area (TPSA) is 44.5 Å². The summed E-state index contributed by atoms with van der Waals surface area (Å²) in [5.74, 6) is 4.02. The van der Waals surface area contributed by atoms with E-state index in [-0.39, 0.29) is 0 Å². The van der Waals surface area contributed by atoms with E-state index >= 15 is 0 Å². The van der Waals surface area contributed by atoms with Crippen LogP contribution in [0.25, 0.3) is 0 Å². The molecule has 0 saturated heterocycles. The summed E-state index contributed by atoms with van der Waals surface area (Å²) in [5, 5.41) is 0. The molecular weight excluding hydrogens is 258 g/mol. The lowest BCUT2D eigenvalue weighted by atomic mass is 10.2. The fourth-order valence-corrected chi connectivity index (χ4v) is 2.25. The molecule has 0 unspecified atom stereocenters. The summed E-state index contributed by atoms with van der Waals surface area (Å²) in [6.45, 7) is 6.22. The van der Waals surface area contributed by atoms with Gasteiger partial charge in [-0.15, -0.1) is 0 Å². The van der Waals surface area contributed by atoms with Gasteiger partial charge in [0.2, 0.25) is 0 Å². The maximum Gasteiger partial charge on any atom is 0.127 e. The van der Waals surface area contributed by atoms with E-state index in [1.165, 1.54) is 0 Å².